The van der Waals surface area contributed by atoms with Crippen molar-refractivity contribution in [2.24, 2.45) is 5.92 Å². The van der Waals surface area contributed by atoms with Gasteiger partial charge in [-0.15, -0.1) is 0 Å². The Labute approximate surface area is 123 Å². The first kappa shape index (κ1) is 15.5. The Morgan fingerprint density at radius 1 is 1.57 bits per heavy atom. The molecule has 116 valence electrons. The van der Waals surface area contributed by atoms with Crippen molar-refractivity contribution in [1.29, 1.82) is 0 Å². The van der Waals surface area contributed by atoms with E-state index in [0.29, 0.717) is 18.7 Å². The van der Waals surface area contributed by atoms with Crippen molar-refractivity contribution in [1.82, 2.24) is 9.88 Å². The first-order chi connectivity index (χ1) is 9.88. The molecule has 1 aliphatic rings. The second kappa shape index (κ2) is 6.26. The minimum absolute atomic E-state index is 0.0345. The smallest absolute Gasteiger partial charge is 0.287 e. The van der Waals surface area contributed by atoms with Gasteiger partial charge in [0.25, 0.3) is 11.6 Å². The molecule has 1 fully saturated rings. The summed E-state index contributed by atoms with van der Waals surface area (Å²) in [5.74, 6) is -0.0282. The van der Waals surface area contributed by atoms with Crippen LogP contribution in [-0.4, -0.2) is 33.2 Å². The van der Waals surface area contributed by atoms with E-state index in [2.05, 4.69) is 5.32 Å². The zero-order valence-electron chi connectivity index (χ0n) is 12.3. The number of hydrogen-bond acceptors (Lipinski definition) is 4. The number of nitrogens with zero attached hydrogens (tertiary/aromatic N) is 2. The van der Waals surface area contributed by atoms with Crippen molar-refractivity contribution in [3.8, 4) is 0 Å². The fraction of sp³-hybridized carbons (Fsp3) is 0.643. The lowest BCUT2D eigenvalue weighted by Crippen LogP contribution is -2.30. The molecular formula is C14H21N3O4. The molecule has 7 nitrogen and oxygen atoms in total. The third kappa shape index (κ3) is 3.60. The SMILES string of the molecule is CC(C)n1cc([N+](=O)[O-])cc1C(=O)NCC1CCC(O)C1. The summed E-state index contributed by atoms with van der Waals surface area (Å²) in [6.45, 7) is 4.23. The van der Waals surface area contributed by atoms with E-state index in [0.717, 1.165) is 12.8 Å². The molecule has 1 heterocycles. The minimum atomic E-state index is -0.497. The third-order valence-corrected chi connectivity index (χ3v) is 3.90. The van der Waals surface area contributed by atoms with Gasteiger partial charge >= 0.3 is 0 Å². The molecule has 0 spiro atoms. The lowest BCUT2D eigenvalue weighted by Gasteiger charge is -2.14. The molecule has 2 unspecified atom stereocenters. The maximum atomic E-state index is 12.2. The van der Waals surface area contributed by atoms with Gasteiger partial charge in [-0.3, -0.25) is 14.9 Å². The number of hydrogen-bond donors (Lipinski definition) is 2. The molecule has 1 aromatic heterocycles. The van der Waals surface area contributed by atoms with Gasteiger partial charge in [0.05, 0.1) is 17.2 Å². The molecular weight excluding hydrogens is 274 g/mol. The fourth-order valence-electron chi connectivity index (χ4n) is 2.74. The van der Waals surface area contributed by atoms with Crippen molar-refractivity contribution >= 4 is 11.6 Å². The van der Waals surface area contributed by atoms with Crippen LogP contribution in [0.15, 0.2) is 12.3 Å². The number of aliphatic hydroxyl groups excluding tert-OH is 1. The van der Waals surface area contributed by atoms with Gasteiger partial charge in [-0.1, -0.05) is 0 Å². The predicted octanol–water partition coefficient (Wildman–Crippen LogP) is 1.87. The monoisotopic (exact) mass is 295 g/mol. The molecule has 1 saturated carbocycles. The first-order valence-electron chi connectivity index (χ1n) is 7.21. The van der Waals surface area contributed by atoms with Crippen LogP contribution in [0.5, 0.6) is 0 Å². The van der Waals surface area contributed by atoms with Gasteiger partial charge in [-0.05, 0) is 39.0 Å². The number of rotatable bonds is 5. The number of carbonyl (C=O) groups excluding carboxylic acids is 1. The van der Waals surface area contributed by atoms with Crippen LogP contribution in [0.4, 0.5) is 5.69 Å². The van der Waals surface area contributed by atoms with Crippen molar-refractivity contribution in [3.63, 3.8) is 0 Å². The Balaban J connectivity index is 2.05. The van der Waals surface area contributed by atoms with Crippen molar-refractivity contribution in [3.05, 3.63) is 28.1 Å². The number of carbonyl (C=O) groups is 1. The summed E-state index contributed by atoms with van der Waals surface area (Å²) in [5.41, 5.74) is 0.223. The number of aliphatic hydroxyl groups is 1. The quantitative estimate of drug-likeness (QED) is 0.640. The molecule has 2 atom stereocenters. The molecule has 2 N–H and O–H groups in total. The van der Waals surface area contributed by atoms with Gasteiger partial charge in [-0.25, -0.2) is 0 Å². The van der Waals surface area contributed by atoms with Crippen LogP contribution in [0.25, 0.3) is 0 Å². The maximum absolute atomic E-state index is 12.2. The summed E-state index contributed by atoms with van der Waals surface area (Å²) in [6.07, 6.45) is 3.48. The van der Waals surface area contributed by atoms with E-state index >= 15 is 0 Å². The second-order valence-electron chi connectivity index (χ2n) is 5.88. The van der Waals surface area contributed by atoms with Gasteiger partial charge in [0.1, 0.15) is 5.69 Å². The molecule has 1 aliphatic carbocycles. The predicted molar refractivity (Wildman–Crippen MR) is 77.2 cm³/mol. The minimum Gasteiger partial charge on any atom is -0.393 e. The molecule has 0 aliphatic heterocycles. The van der Waals surface area contributed by atoms with Gasteiger partial charge in [0.2, 0.25) is 0 Å². The van der Waals surface area contributed by atoms with E-state index in [1.807, 2.05) is 13.8 Å². The zero-order chi connectivity index (χ0) is 15.6. The van der Waals surface area contributed by atoms with E-state index in [1.54, 1.807) is 4.57 Å². The van der Waals surface area contributed by atoms with Crippen molar-refractivity contribution in [2.75, 3.05) is 6.54 Å². The highest BCUT2D eigenvalue weighted by molar-refractivity contribution is 5.93. The molecule has 2 rings (SSSR count). The average molecular weight is 295 g/mol. The molecule has 7 heteroatoms. The lowest BCUT2D eigenvalue weighted by molar-refractivity contribution is -0.384. The second-order valence-corrected chi connectivity index (χ2v) is 5.88. The molecule has 0 bridgehead atoms. The zero-order valence-corrected chi connectivity index (χ0v) is 12.3. The molecule has 1 aromatic rings. The topological polar surface area (TPSA) is 97.4 Å². The molecule has 21 heavy (non-hydrogen) atoms. The largest absolute Gasteiger partial charge is 0.393 e. The fourth-order valence-corrected chi connectivity index (χ4v) is 2.74. The van der Waals surface area contributed by atoms with Crippen LogP contribution < -0.4 is 5.32 Å². The summed E-state index contributed by atoms with van der Waals surface area (Å²) in [7, 11) is 0. The van der Waals surface area contributed by atoms with E-state index in [9.17, 15) is 20.0 Å². The average Bonchev–Trinajstić information content (AvgIpc) is 3.02. The Kier molecular flexibility index (Phi) is 4.62. The van der Waals surface area contributed by atoms with Crippen molar-refractivity contribution < 1.29 is 14.8 Å². The van der Waals surface area contributed by atoms with Gasteiger partial charge in [0.15, 0.2) is 0 Å². The Bertz CT molecular complexity index is 538. The van der Waals surface area contributed by atoms with Crippen LogP contribution in [-0.2, 0) is 0 Å². The van der Waals surface area contributed by atoms with Crippen LogP contribution in [0, 0.1) is 16.0 Å². The Morgan fingerprint density at radius 2 is 2.29 bits per heavy atom. The van der Waals surface area contributed by atoms with Gasteiger partial charge in [-0.2, -0.15) is 0 Å². The van der Waals surface area contributed by atoms with E-state index < -0.39 is 4.92 Å². The number of aromatic nitrogens is 1. The van der Waals surface area contributed by atoms with Gasteiger partial charge < -0.3 is 15.0 Å². The molecule has 0 saturated heterocycles. The maximum Gasteiger partial charge on any atom is 0.287 e. The normalized spacial score (nSPS) is 21.7. The third-order valence-electron chi connectivity index (χ3n) is 3.90. The van der Waals surface area contributed by atoms with E-state index in [-0.39, 0.29) is 29.7 Å². The van der Waals surface area contributed by atoms with E-state index in [4.69, 9.17) is 0 Å². The van der Waals surface area contributed by atoms with Crippen LogP contribution >= 0.6 is 0 Å². The van der Waals surface area contributed by atoms with E-state index in [1.165, 1.54) is 12.3 Å². The highest BCUT2D eigenvalue weighted by Crippen LogP contribution is 2.25. The number of nitrogens with one attached hydrogen (secondary N) is 1. The molecule has 0 radical (unpaired) electrons. The lowest BCUT2D eigenvalue weighted by atomic mass is 10.1. The Hall–Kier alpha value is -1.89. The summed E-state index contributed by atoms with van der Waals surface area (Å²) >= 11 is 0. The van der Waals surface area contributed by atoms with Crippen LogP contribution in [0.2, 0.25) is 0 Å². The van der Waals surface area contributed by atoms with Crippen LogP contribution in [0.1, 0.15) is 49.6 Å². The summed E-state index contributed by atoms with van der Waals surface area (Å²) in [5, 5.41) is 23.1. The van der Waals surface area contributed by atoms with Crippen molar-refractivity contribution in [2.45, 2.75) is 45.3 Å². The Morgan fingerprint density at radius 3 is 2.81 bits per heavy atom. The standard InChI is InChI=1S/C14H21N3O4/c1-9(2)16-8-11(17(20)21)6-13(16)14(19)15-7-10-3-4-12(18)5-10/h6,8-10,12,18H,3-5,7H2,1-2H3,(H,15,19). The van der Waals surface area contributed by atoms with Gasteiger partial charge in [0, 0.05) is 18.7 Å². The summed E-state index contributed by atoms with van der Waals surface area (Å²) < 4.78 is 1.61. The number of nitro groups is 1. The summed E-state index contributed by atoms with van der Waals surface area (Å²) in [4.78, 5) is 22.6. The first-order valence-corrected chi connectivity index (χ1v) is 7.21. The number of amides is 1. The highest BCUT2D eigenvalue weighted by Gasteiger charge is 2.25. The molecule has 0 aromatic carbocycles. The molecule has 1 amide bonds. The summed E-state index contributed by atoms with van der Waals surface area (Å²) in [6, 6.07) is 1.27. The van der Waals surface area contributed by atoms with Crippen LogP contribution in [0.3, 0.4) is 0 Å². The highest BCUT2D eigenvalue weighted by atomic mass is 16.6.